The zero-order valence-electron chi connectivity index (χ0n) is 14.2. The number of carbonyl (C=O) groups is 2. The molecule has 3 aromatic rings. The number of esters is 1. The molecule has 0 aliphatic rings. The minimum absolute atomic E-state index is 0.146. The van der Waals surface area contributed by atoms with Gasteiger partial charge in [-0.3, -0.25) is 19.7 Å². The van der Waals surface area contributed by atoms with E-state index in [9.17, 15) is 19.7 Å². The molecule has 0 bridgehead atoms. The standard InChI is InChI=1S/C17H11Cl2N3O5S/c1-27-14(23)8-21-15-11(19)3-2-4-13(15)28-17(21)20-16(24)10-7-9(18)5-6-12(10)22(25)26/h2-7H,8H2,1H3. The van der Waals surface area contributed by atoms with Crippen molar-refractivity contribution in [3.8, 4) is 0 Å². The normalized spacial score (nSPS) is 11.6. The van der Waals surface area contributed by atoms with Crippen LogP contribution in [0.5, 0.6) is 0 Å². The van der Waals surface area contributed by atoms with Crippen LogP contribution >= 0.6 is 34.5 Å². The zero-order chi connectivity index (χ0) is 20.4. The van der Waals surface area contributed by atoms with E-state index in [4.69, 9.17) is 27.9 Å². The van der Waals surface area contributed by atoms with Crippen molar-refractivity contribution in [1.29, 1.82) is 0 Å². The Morgan fingerprint density at radius 2 is 2.04 bits per heavy atom. The molecule has 3 rings (SSSR count). The first-order chi connectivity index (χ1) is 13.3. The first-order valence-corrected chi connectivity index (χ1v) is 9.26. The number of hydrogen-bond donors (Lipinski definition) is 0. The van der Waals surface area contributed by atoms with Gasteiger partial charge in [0.05, 0.1) is 27.3 Å². The molecular formula is C17H11Cl2N3O5S. The third-order valence-corrected chi connectivity index (χ3v) is 5.33. The van der Waals surface area contributed by atoms with E-state index in [1.165, 1.54) is 23.8 Å². The minimum atomic E-state index is -0.865. The van der Waals surface area contributed by atoms with E-state index in [0.717, 1.165) is 17.4 Å². The highest BCUT2D eigenvalue weighted by atomic mass is 35.5. The van der Waals surface area contributed by atoms with Crippen molar-refractivity contribution in [1.82, 2.24) is 4.57 Å². The van der Waals surface area contributed by atoms with E-state index < -0.39 is 22.5 Å². The number of thiazole rings is 1. The summed E-state index contributed by atoms with van der Waals surface area (Å²) >= 11 is 13.2. The second-order valence-electron chi connectivity index (χ2n) is 5.47. The highest BCUT2D eigenvalue weighted by Crippen LogP contribution is 2.26. The molecule has 0 N–H and O–H groups in total. The maximum absolute atomic E-state index is 12.7. The Balaban J connectivity index is 2.22. The summed E-state index contributed by atoms with van der Waals surface area (Å²) < 4.78 is 6.81. The van der Waals surface area contributed by atoms with Crippen molar-refractivity contribution in [3.63, 3.8) is 0 Å². The zero-order valence-corrected chi connectivity index (χ0v) is 16.5. The number of aromatic nitrogens is 1. The Kier molecular flexibility index (Phi) is 5.78. The summed E-state index contributed by atoms with van der Waals surface area (Å²) in [6.07, 6.45) is 0. The molecule has 0 saturated carbocycles. The number of para-hydroxylation sites is 1. The number of nitro benzene ring substituents is 1. The first kappa shape index (κ1) is 20.0. The van der Waals surface area contributed by atoms with Crippen LogP contribution in [0.3, 0.4) is 0 Å². The maximum Gasteiger partial charge on any atom is 0.325 e. The summed E-state index contributed by atoms with van der Waals surface area (Å²) in [7, 11) is 1.23. The van der Waals surface area contributed by atoms with E-state index in [-0.39, 0.29) is 21.9 Å². The molecule has 2 aromatic carbocycles. The summed E-state index contributed by atoms with van der Waals surface area (Å²) in [5.41, 5.74) is -0.172. The lowest BCUT2D eigenvalue weighted by atomic mass is 10.2. The average Bonchev–Trinajstić information content (AvgIpc) is 2.99. The van der Waals surface area contributed by atoms with E-state index in [2.05, 4.69) is 4.99 Å². The fourth-order valence-corrected chi connectivity index (χ4v) is 4.06. The van der Waals surface area contributed by atoms with Crippen LogP contribution in [-0.4, -0.2) is 28.5 Å². The third kappa shape index (κ3) is 3.91. The lowest BCUT2D eigenvalue weighted by molar-refractivity contribution is -0.385. The number of nitrogens with zero attached hydrogens (tertiary/aromatic N) is 3. The van der Waals surface area contributed by atoms with Crippen LogP contribution in [0.1, 0.15) is 10.4 Å². The average molecular weight is 440 g/mol. The molecule has 11 heteroatoms. The summed E-state index contributed by atoms with van der Waals surface area (Å²) in [5.74, 6) is -1.43. The molecule has 0 atom stereocenters. The molecule has 0 aliphatic heterocycles. The van der Waals surface area contributed by atoms with E-state index in [0.29, 0.717) is 15.2 Å². The van der Waals surface area contributed by atoms with Gasteiger partial charge in [-0.1, -0.05) is 40.6 Å². The topological polar surface area (TPSA) is 104 Å². The molecule has 0 saturated heterocycles. The van der Waals surface area contributed by atoms with Gasteiger partial charge in [-0.15, -0.1) is 0 Å². The van der Waals surface area contributed by atoms with Crippen molar-refractivity contribution < 1.29 is 19.2 Å². The second kappa shape index (κ2) is 8.09. The predicted molar refractivity (Wildman–Crippen MR) is 105 cm³/mol. The van der Waals surface area contributed by atoms with Crippen molar-refractivity contribution in [2.75, 3.05) is 7.11 Å². The van der Waals surface area contributed by atoms with Gasteiger partial charge in [-0.05, 0) is 24.3 Å². The van der Waals surface area contributed by atoms with Crippen LogP contribution in [0.25, 0.3) is 10.2 Å². The Morgan fingerprint density at radius 1 is 1.29 bits per heavy atom. The number of rotatable bonds is 4. The van der Waals surface area contributed by atoms with Gasteiger partial charge in [0, 0.05) is 11.1 Å². The summed E-state index contributed by atoms with van der Waals surface area (Å²) in [6, 6.07) is 8.73. The molecule has 1 heterocycles. The fraction of sp³-hybridized carbons (Fsp3) is 0.118. The molecule has 0 aliphatic carbocycles. The van der Waals surface area contributed by atoms with Gasteiger partial charge in [0.15, 0.2) is 4.80 Å². The number of methoxy groups -OCH3 is 1. The molecule has 1 amide bonds. The van der Waals surface area contributed by atoms with Crippen LogP contribution < -0.4 is 4.80 Å². The summed E-state index contributed by atoms with van der Waals surface area (Å²) in [5, 5.41) is 11.7. The third-order valence-electron chi connectivity index (χ3n) is 3.75. The highest BCUT2D eigenvalue weighted by Gasteiger charge is 2.21. The van der Waals surface area contributed by atoms with Gasteiger partial charge in [0.1, 0.15) is 12.1 Å². The Bertz CT molecular complexity index is 1190. The molecule has 8 nitrogen and oxygen atoms in total. The smallest absolute Gasteiger partial charge is 0.325 e. The maximum atomic E-state index is 12.7. The number of halogens is 2. The van der Waals surface area contributed by atoms with Crippen LogP contribution in [0.2, 0.25) is 10.0 Å². The van der Waals surface area contributed by atoms with Gasteiger partial charge in [-0.2, -0.15) is 4.99 Å². The lowest BCUT2D eigenvalue weighted by Crippen LogP contribution is -2.22. The first-order valence-electron chi connectivity index (χ1n) is 7.69. The van der Waals surface area contributed by atoms with E-state index in [1.807, 2.05) is 0 Å². The largest absolute Gasteiger partial charge is 0.468 e. The number of benzene rings is 2. The fourth-order valence-electron chi connectivity index (χ4n) is 2.50. The molecule has 28 heavy (non-hydrogen) atoms. The van der Waals surface area contributed by atoms with Gasteiger partial charge in [0.25, 0.3) is 11.6 Å². The van der Waals surface area contributed by atoms with E-state index in [1.54, 1.807) is 18.2 Å². The molecule has 0 unspecified atom stereocenters. The Hall–Kier alpha value is -2.75. The van der Waals surface area contributed by atoms with Crippen molar-refractivity contribution in [2.24, 2.45) is 4.99 Å². The summed E-state index contributed by atoms with van der Waals surface area (Å²) in [6.45, 7) is -0.232. The van der Waals surface area contributed by atoms with Crippen molar-refractivity contribution in [3.05, 3.63) is 66.9 Å². The quantitative estimate of drug-likeness (QED) is 0.349. The van der Waals surface area contributed by atoms with Gasteiger partial charge < -0.3 is 9.30 Å². The van der Waals surface area contributed by atoms with Crippen LogP contribution in [0, 0.1) is 10.1 Å². The second-order valence-corrected chi connectivity index (χ2v) is 7.32. The van der Waals surface area contributed by atoms with Gasteiger partial charge in [0.2, 0.25) is 0 Å². The van der Waals surface area contributed by atoms with Crippen molar-refractivity contribution >= 4 is 62.3 Å². The molecule has 0 radical (unpaired) electrons. The van der Waals surface area contributed by atoms with Gasteiger partial charge in [-0.25, -0.2) is 0 Å². The minimum Gasteiger partial charge on any atom is -0.468 e. The number of nitro groups is 1. The number of amides is 1. The number of ether oxygens (including phenoxy) is 1. The monoisotopic (exact) mass is 439 g/mol. The number of fused-ring (bicyclic) bond motifs is 1. The molecular weight excluding hydrogens is 429 g/mol. The van der Waals surface area contributed by atoms with Gasteiger partial charge >= 0.3 is 5.97 Å². The number of hydrogen-bond acceptors (Lipinski definition) is 6. The predicted octanol–water partition coefficient (Wildman–Crippen LogP) is 3.83. The van der Waals surface area contributed by atoms with Crippen molar-refractivity contribution in [2.45, 2.75) is 6.54 Å². The lowest BCUT2D eigenvalue weighted by Gasteiger charge is -2.05. The van der Waals surface area contributed by atoms with Crippen LogP contribution in [0.4, 0.5) is 5.69 Å². The Labute approximate surface area is 171 Å². The highest BCUT2D eigenvalue weighted by molar-refractivity contribution is 7.16. The molecule has 1 aromatic heterocycles. The number of carbonyl (C=O) groups excluding carboxylic acids is 2. The molecule has 144 valence electrons. The summed E-state index contributed by atoms with van der Waals surface area (Å²) in [4.78, 5) is 39.2. The van der Waals surface area contributed by atoms with E-state index >= 15 is 0 Å². The van der Waals surface area contributed by atoms with Crippen LogP contribution in [0.15, 0.2) is 41.4 Å². The van der Waals surface area contributed by atoms with Crippen LogP contribution in [-0.2, 0) is 16.1 Å². The molecule has 0 spiro atoms. The SMILES string of the molecule is COC(=O)Cn1c(=NC(=O)c2cc(Cl)ccc2[N+](=O)[O-])sc2cccc(Cl)c21. The molecule has 0 fully saturated rings. The Morgan fingerprint density at radius 3 is 2.71 bits per heavy atom.